The molecule has 2 atom stereocenters. The van der Waals surface area contributed by atoms with Gasteiger partial charge in [-0.2, -0.15) is 0 Å². The number of hydrogen-bond donors (Lipinski definition) is 1. The largest absolute Gasteiger partial charge is 0.327 e. The van der Waals surface area contributed by atoms with Crippen LogP contribution >= 0.6 is 0 Å². The zero-order valence-electron chi connectivity index (χ0n) is 10.8. The maximum absolute atomic E-state index is 11.2. The zero-order valence-corrected chi connectivity index (χ0v) is 11.6. The minimum atomic E-state index is -2.98. The number of nitrogens with two attached hydrogens (primary N) is 1. The summed E-state index contributed by atoms with van der Waals surface area (Å²) in [6.45, 7) is 0. The first-order valence-electron chi connectivity index (χ1n) is 6.47. The van der Waals surface area contributed by atoms with E-state index in [0.29, 0.717) is 5.92 Å². The summed E-state index contributed by atoms with van der Waals surface area (Å²) in [7, 11) is -2.98. The third-order valence-corrected chi connectivity index (χ3v) is 4.63. The second-order valence-corrected chi connectivity index (χ2v) is 7.56. The van der Waals surface area contributed by atoms with Crippen molar-refractivity contribution < 1.29 is 8.42 Å². The Balaban J connectivity index is 2.07. The molecule has 0 saturated carbocycles. The van der Waals surface area contributed by atoms with Crippen LogP contribution in [0.4, 0.5) is 0 Å². The highest BCUT2D eigenvalue weighted by molar-refractivity contribution is 7.90. The number of benzene rings is 1. The Morgan fingerprint density at radius 3 is 2.83 bits per heavy atom. The molecule has 0 amide bonds. The Morgan fingerprint density at radius 1 is 1.39 bits per heavy atom. The standard InChI is InChI=1S/C14H21NO2S/c1-18(16,17)10-13(15)9-12-7-4-6-11-5-2-3-8-14(11)12/h2-3,5,8,12-13H,4,6-7,9-10,15H2,1H3. The molecule has 1 aliphatic carbocycles. The van der Waals surface area contributed by atoms with Crippen molar-refractivity contribution in [2.45, 2.75) is 37.6 Å². The summed E-state index contributed by atoms with van der Waals surface area (Å²) in [5, 5.41) is 0. The lowest BCUT2D eigenvalue weighted by atomic mass is 9.80. The van der Waals surface area contributed by atoms with Crippen molar-refractivity contribution in [3.05, 3.63) is 35.4 Å². The van der Waals surface area contributed by atoms with Crippen LogP contribution < -0.4 is 5.73 Å². The van der Waals surface area contributed by atoms with Gasteiger partial charge in [-0.05, 0) is 42.7 Å². The molecular weight excluding hydrogens is 246 g/mol. The summed E-state index contributed by atoms with van der Waals surface area (Å²) in [4.78, 5) is 0. The number of sulfone groups is 1. The van der Waals surface area contributed by atoms with Crippen molar-refractivity contribution in [1.82, 2.24) is 0 Å². The summed E-state index contributed by atoms with van der Waals surface area (Å²) in [5.74, 6) is 0.512. The summed E-state index contributed by atoms with van der Waals surface area (Å²) in [5.41, 5.74) is 8.74. The van der Waals surface area contributed by atoms with E-state index < -0.39 is 9.84 Å². The van der Waals surface area contributed by atoms with E-state index in [1.54, 1.807) is 0 Å². The van der Waals surface area contributed by atoms with Gasteiger partial charge in [0.15, 0.2) is 0 Å². The predicted octanol–water partition coefficient (Wildman–Crippen LogP) is 1.87. The van der Waals surface area contributed by atoms with Crippen molar-refractivity contribution in [2.75, 3.05) is 12.0 Å². The van der Waals surface area contributed by atoms with Crippen LogP contribution in [0.5, 0.6) is 0 Å². The lowest BCUT2D eigenvalue weighted by Gasteiger charge is -2.27. The van der Waals surface area contributed by atoms with Gasteiger partial charge in [0.25, 0.3) is 0 Å². The molecule has 0 aromatic heterocycles. The van der Waals surface area contributed by atoms with Crippen LogP contribution in [0.25, 0.3) is 0 Å². The van der Waals surface area contributed by atoms with Gasteiger partial charge in [0, 0.05) is 12.3 Å². The molecule has 1 aromatic carbocycles. The molecular formula is C14H21NO2S. The van der Waals surface area contributed by atoms with Crippen molar-refractivity contribution in [3.8, 4) is 0 Å². The molecule has 0 heterocycles. The molecule has 100 valence electrons. The van der Waals surface area contributed by atoms with Crippen LogP contribution in [0.3, 0.4) is 0 Å². The molecule has 2 unspecified atom stereocenters. The van der Waals surface area contributed by atoms with E-state index in [-0.39, 0.29) is 11.8 Å². The fraction of sp³-hybridized carbons (Fsp3) is 0.571. The molecule has 0 aliphatic heterocycles. The van der Waals surface area contributed by atoms with Gasteiger partial charge in [-0.25, -0.2) is 8.42 Å². The first kappa shape index (κ1) is 13.6. The SMILES string of the molecule is CS(=O)(=O)CC(N)CC1CCCc2ccccc21. The number of aryl methyl sites for hydroxylation is 1. The first-order valence-corrected chi connectivity index (χ1v) is 8.53. The lowest BCUT2D eigenvalue weighted by Crippen LogP contribution is -2.31. The summed E-state index contributed by atoms with van der Waals surface area (Å²) < 4.78 is 22.5. The van der Waals surface area contributed by atoms with Crippen molar-refractivity contribution in [1.29, 1.82) is 0 Å². The Kier molecular flexibility index (Phi) is 4.07. The van der Waals surface area contributed by atoms with Gasteiger partial charge in [-0.1, -0.05) is 24.3 Å². The molecule has 18 heavy (non-hydrogen) atoms. The molecule has 2 rings (SSSR count). The molecule has 0 saturated heterocycles. The Bertz CT molecular complexity index is 510. The van der Waals surface area contributed by atoms with Crippen molar-refractivity contribution in [2.24, 2.45) is 5.73 Å². The zero-order chi connectivity index (χ0) is 13.2. The van der Waals surface area contributed by atoms with E-state index >= 15 is 0 Å². The summed E-state index contributed by atoms with van der Waals surface area (Å²) >= 11 is 0. The monoisotopic (exact) mass is 267 g/mol. The fourth-order valence-electron chi connectivity index (χ4n) is 2.92. The Morgan fingerprint density at radius 2 is 2.11 bits per heavy atom. The molecule has 0 spiro atoms. The summed E-state index contributed by atoms with van der Waals surface area (Å²) in [6, 6.07) is 8.20. The van der Waals surface area contributed by atoms with Gasteiger partial charge in [0.05, 0.1) is 5.75 Å². The topological polar surface area (TPSA) is 60.2 Å². The fourth-order valence-corrected chi connectivity index (χ4v) is 3.84. The van der Waals surface area contributed by atoms with Gasteiger partial charge in [-0.15, -0.1) is 0 Å². The molecule has 0 bridgehead atoms. The second-order valence-electron chi connectivity index (χ2n) is 5.38. The summed E-state index contributed by atoms with van der Waals surface area (Å²) in [6.07, 6.45) is 5.45. The number of fused-ring (bicyclic) bond motifs is 1. The van der Waals surface area contributed by atoms with E-state index in [0.717, 1.165) is 19.3 Å². The molecule has 1 aliphatic rings. The van der Waals surface area contributed by atoms with Crippen LogP contribution in [-0.2, 0) is 16.3 Å². The highest BCUT2D eigenvalue weighted by Gasteiger charge is 2.23. The average Bonchev–Trinajstić information content (AvgIpc) is 2.27. The average molecular weight is 267 g/mol. The first-order chi connectivity index (χ1) is 8.46. The van der Waals surface area contributed by atoms with E-state index in [2.05, 4.69) is 24.3 Å². The Labute approximate surface area is 109 Å². The second kappa shape index (κ2) is 5.41. The van der Waals surface area contributed by atoms with Crippen LogP contribution in [0.2, 0.25) is 0 Å². The molecule has 1 aromatic rings. The van der Waals surface area contributed by atoms with Crippen molar-refractivity contribution >= 4 is 9.84 Å². The molecule has 0 radical (unpaired) electrons. The number of rotatable bonds is 4. The quantitative estimate of drug-likeness (QED) is 0.906. The molecule has 4 heteroatoms. The van der Waals surface area contributed by atoms with E-state index in [1.165, 1.54) is 23.8 Å². The van der Waals surface area contributed by atoms with Crippen LogP contribution in [0, 0.1) is 0 Å². The number of hydrogen-bond acceptors (Lipinski definition) is 3. The third-order valence-electron chi connectivity index (χ3n) is 3.60. The minimum Gasteiger partial charge on any atom is -0.327 e. The predicted molar refractivity (Wildman–Crippen MR) is 74.4 cm³/mol. The van der Waals surface area contributed by atoms with Gasteiger partial charge < -0.3 is 5.73 Å². The van der Waals surface area contributed by atoms with Crippen LogP contribution in [0.15, 0.2) is 24.3 Å². The highest BCUT2D eigenvalue weighted by Crippen LogP contribution is 2.34. The van der Waals surface area contributed by atoms with E-state index in [4.69, 9.17) is 5.73 Å². The minimum absolute atomic E-state index is 0.0890. The van der Waals surface area contributed by atoms with Crippen LogP contribution in [0.1, 0.15) is 36.3 Å². The highest BCUT2D eigenvalue weighted by atomic mass is 32.2. The third kappa shape index (κ3) is 3.56. The Hall–Kier alpha value is -0.870. The van der Waals surface area contributed by atoms with Gasteiger partial charge >= 0.3 is 0 Å². The smallest absolute Gasteiger partial charge is 0.148 e. The van der Waals surface area contributed by atoms with E-state index in [9.17, 15) is 8.42 Å². The molecule has 2 N–H and O–H groups in total. The van der Waals surface area contributed by atoms with Gasteiger partial charge in [0.2, 0.25) is 0 Å². The normalized spacial score (nSPS) is 21.3. The lowest BCUT2D eigenvalue weighted by molar-refractivity contribution is 0.481. The maximum Gasteiger partial charge on any atom is 0.148 e. The van der Waals surface area contributed by atoms with Crippen LogP contribution in [-0.4, -0.2) is 26.5 Å². The van der Waals surface area contributed by atoms with Gasteiger partial charge in [0.1, 0.15) is 9.84 Å². The maximum atomic E-state index is 11.2. The molecule has 3 nitrogen and oxygen atoms in total. The van der Waals surface area contributed by atoms with Crippen molar-refractivity contribution in [3.63, 3.8) is 0 Å². The van der Waals surface area contributed by atoms with Gasteiger partial charge in [-0.3, -0.25) is 0 Å². The molecule has 0 fully saturated rings. The van der Waals surface area contributed by atoms with E-state index in [1.807, 2.05) is 0 Å².